The second-order valence-electron chi connectivity index (χ2n) is 7.10. The molecule has 164 valence electrons. The van der Waals surface area contributed by atoms with Gasteiger partial charge in [-0.05, 0) is 54.5 Å². The van der Waals surface area contributed by atoms with Gasteiger partial charge in [0.2, 0.25) is 4.96 Å². The van der Waals surface area contributed by atoms with Crippen molar-refractivity contribution in [1.82, 2.24) is 14.6 Å². The van der Waals surface area contributed by atoms with E-state index in [2.05, 4.69) is 17.0 Å². The van der Waals surface area contributed by atoms with E-state index in [-0.39, 0.29) is 12.2 Å². The van der Waals surface area contributed by atoms with E-state index in [1.807, 2.05) is 24.3 Å². The molecule has 0 unspecified atom stereocenters. The Bertz CT molecular complexity index is 1330. The van der Waals surface area contributed by atoms with E-state index in [0.29, 0.717) is 27.7 Å². The molecule has 0 aliphatic carbocycles. The topological polar surface area (TPSA) is 109 Å². The van der Waals surface area contributed by atoms with E-state index in [0.717, 1.165) is 29.7 Å². The van der Waals surface area contributed by atoms with E-state index in [1.54, 1.807) is 30.3 Å². The largest absolute Gasteiger partial charge is 0.494 e. The molecule has 0 fully saturated rings. The minimum Gasteiger partial charge on any atom is -0.494 e. The summed E-state index contributed by atoms with van der Waals surface area (Å²) >= 11 is 1.27. The quantitative estimate of drug-likeness (QED) is 0.392. The first-order valence-corrected chi connectivity index (χ1v) is 11.0. The molecule has 9 heteroatoms. The molecule has 0 aliphatic heterocycles. The number of carbonyl (C=O) groups excluding carboxylic acids is 1. The van der Waals surface area contributed by atoms with Crippen molar-refractivity contribution in [2.45, 2.75) is 19.8 Å². The Hall–Kier alpha value is -3.72. The molecule has 2 heterocycles. The molecular weight excluding hydrogens is 428 g/mol. The van der Waals surface area contributed by atoms with Crippen LogP contribution in [0.3, 0.4) is 0 Å². The van der Waals surface area contributed by atoms with Gasteiger partial charge >= 0.3 is 0 Å². The van der Waals surface area contributed by atoms with Gasteiger partial charge in [-0.25, -0.2) is 0 Å². The number of nitrogens with zero attached hydrogens (tertiary/aromatic N) is 3. The molecule has 1 amide bonds. The molecule has 4 rings (SSSR count). The van der Waals surface area contributed by atoms with Crippen molar-refractivity contribution in [3.05, 3.63) is 69.0 Å². The van der Waals surface area contributed by atoms with Crippen LogP contribution in [0.5, 0.6) is 11.5 Å². The van der Waals surface area contributed by atoms with Crippen molar-refractivity contribution < 1.29 is 14.3 Å². The third-order valence-corrected chi connectivity index (χ3v) is 5.58. The fourth-order valence-electron chi connectivity index (χ4n) is 2.96. The third kappa shape index (κ3) is 4.94. The zero-order chi connectivity index (χ0) is 22.5. The van der Waals surface area contributed by atoms with Gasteiger partial charge in [-0.1, -0.05) is 36.8 Å². The summed E-state index contributed by atoms with van der Waals surface area (Å²) in [6, 6.07) is 14.6. The number of primary amides is 1. The van der Waals surface area contributed by atoms with Crippen LogP contribution in [0, 0.1) is 0 Å². The van der Waals surface area contributed by atoms with Crippen molar-refractivity contribution in [1.29, 1.82) is 0 Å². The average Bonchev–Trinajstić information content (AvgIpc) is 3.33. The predicted octanol–water partition coefficient (Wildman–Crippen LogP) is 2.41. The first-order valence-electron chi connectivity index (χ1n) is 10.2. The van der Waals surface area contributed by atoms with Crippen LogP contribution in [0.2, 0.25) is 0 Å². The number of hydrogen-bond donors (Lipinski definition) is 1. The van der Waals surface area contributed by atoms with Gasteiger partial charge in [0.15, 0.2) is 12.4 Å². The highest BCUT2D eigenvalue weighted by Gasteiger charge is 2.12. The van der Waals surface area contributed by atoms with Crippen LogP contribution in [0.15, 0.2) is 53.3 Å². The number of thiazole rings is 1. The van der Waals surface area contributed by atoms with Crippen molar-refractivity contribution in [3.8, 4) is 22.9 Å². The predicted molar refractivity (Wildman–Crippen MR) is 123 cm³/mol. The summed E-state index contributed by atoms with van der Waals surface area (Å²) in [6.45, 7) is 2.63. The SMILES string of the molecule is CCCCOc1ccc(-c2nc3sc(=Cc4ccc(OCC(N)=O)cc4)c(=O)n3n2)cc1. The molecule has 8 nitrogen and oxygen atoms in total. The Balaban J connectivity index is 1.53. The first kappa shape index (κ1) is 21.5. The number of nitrogens with two attached hydrogens (primary N) is 1. The summed E-state index contributed by atoms with van der Waals surface area (Å²) in [4.78, 5) is 28.6. The summed E-state index contributed by atoms with van der Waals surface area (Å²) in [5.41, 5.74) is 6.48. The van der Waals surface area contributed by atoms with Crippen molar-refractivity contribution in [2.75, 3.05) is 13.2 Å². The molecule has 0 atom stereocenters. The molecule has 32 heavy (non-hydrogen) atoms. The maximum Gasteiger partial charge on any atom is 0.291 e. The smallest absolute Gasteiger partial charge is 0.291 e. The lowest BCUT2D eigenvalue weighted by Crippen LogP contribution is -2.23. The number of ether oxygens (including phenoxy) is 2. The number of aromatic nitrogens is 3. The zero-order valence-corrected chi connectivity index (χ0v) is 18.3. The number of rotatable bonds is 9. The Morgan fingerprint density at radius 3 is 2.44 bits per heavy atom. The molecule has 0 saturated heterocycles. The lowest BCUT2D eigenvalue weighted by Gasteiger charge is -2.05. The molecule has 0 spiro atoms. The van der Waals surface area contributed by atoms with Gasteiger partial charge in [0.05, 0.1) is 11.1 Å². The minimum atomic E-state index is -0.540. The van der Waals surface area contributed by atoms with E-state index in [9.17, 15) is 9.59 Å². The second kappa shape index (κ2) is 9.61. The van der Waals surface area contributed by atoms with E-state index in [4.69, 9.17) is 15.2 Å². The number of hydrogen-bond acceptors (Lipinski definition) is 7. The van der Waals surface area contributed by atoms with E-state index < -0.39 is 5.91 Å². The Kier molecular flexibility index (Phi) is 6.46. The highest BCUT2D eigenvalue weighted by molar-refractivity contribution is 7.15. The van der Waals surface area contributed by atoms with Crippen LogP contribution < -0.4 is 25.3 Å². The van der Waals surface area contributed by atoms with Crippen LogP contribution in [0.1, 0.15) is 25.3 Å². The average molecular weight is 451 g/mol. The van der Waals surface area contributed by atoms with Gasteiger partial charge in [0.25, 0.3) is 11.5 Å². The normalized spacial score (nSPS) is 11.7. The van der Waals surface area contributed by atoms with Gasteiger partial charge in [-0.15, -0.1) is 5.10 Å². The number of amides is 1. The van der Waals surface area contributed by atoms with Gasteiger partial charge < -0.3 is 15.2 Å². The summed E-state index contributed by atoms with van der Waals surface area (Å²) in [5.74, 6) is 1.28. The highest BCUT2D eigenvalue weighted by Crippen LogP contribution is 2.21. The number of benzene rings is 2. The Morgan fingerprint density at radius 2 is 1.78 bits per heavy atom. The van der Waals surface area contributed by atoms with Crippen LogP contribution in [0.4, 0.5) is 0 Å². The lowest BCUT2D eigenvalue weighted by atomic mass is 10.2. The number of unbranched alkanes of at least 4 members (excludes halogenated alkanes) is 1. The molecule has 0 radical (unpaired) electrons. The molecule has 2 N–H and O–H groups in total. The van der Waals surface area contributed by atoms with Crippen molar-refractivity contribution >= 4 is 28.3 Å². The maximum absolute atomic E-state index is 12.8. The van der Waals surface area contributed by atoms with Crippen LogP contribution in [-0.2, 0) is 4.79 Å². The van der Waals surface area contributed by atoms with Crippen LogP contribution in [0.25, 0.3) is 22.4 Å². The highest BCUT2D eigenvalue weighted by atomic mass is 32.1. The van der Waals surface area contributed by atoms with Crippen LogP contribution >= 0.6 is 11.3 Å². The van der Waals surface area contributed by atoms with Crippen molar-refractivity contribution in [2.24, 2.45) is 5.73 Å². The van der Waals surface area contributed by atoms with E-state index >= 15 is 0 Å². The summed E-state index contributed by atoms with van der Waals surface area (Å²) < 4.78 is 12.8. The first-order chi connectivity index (χ1) is 15.5. The fourth-order valence-corrected chi connectivity index (χ4v) is 3.86. The standard InChI is InChI=1S/C23H22N4O4S/c1-2-3-12-30-17-10-6-16(7-11-17)21-25-23-27(26-21)22(29)19(32-23)13-15-4-8-18(9-5-15)31-14-20(24)28/h4-11,13H,2-3,12,14H2,1H3,(H2,24,28). The van der Waals surface area contributed by atoms with Gasteiger partial charge in [0, 0.05) is 5.56 Å². The van der Waals surface area contributed by atoms with Crippen LogP contribution in [-0.4, -0.2) is 33.7 Å². The maximum atomic E-state index is 12.8. The van der Waals surface area contributed by atoms with E-state index in [1.165, 1.54) is 15.9 Å². The number of fused-ring (bicyclic) bond motifs is 1. The molecule has 0 saturated carbocycles. The van der Waals surface area contributed by atoms with Crippen molar-refractivity contribution in [3.63, 3.8) is 0 Å². The molecule has 2 aromatic carbocycles. The molecule has 4 aromatic rings. The van der Waals surface area contributed by atoms with Gasteiger partial charge in [-0.2, -0.15) is 9.50 Å². The minimum absolute atomic E-state index is 0.182. The molecular formula is C23H22N4O4S. The Morgan fingerprint density at radius 1 is 1.09 bits per heavy atom. The van der Waals surface area contributed by atoms with Gasteiger partial charge in [-0.3, -0.25) is 9.59 Å². The molecule has 2 aromatic heterocycles. The Labute approximate surface area is 187 Å². The summed E-state index contributed by atoms with van der Waals surface area (Å²) in [7, 11) is 0. The molecule has 0 aliphatic rings. The monoisotopic (exact) mass is 450 g/mol. The fraction of sp³-hybridized carbons (Fsp3) is 0.217. The lowest BCUT2D eigenvalue weighted by molar-refractivity contribution is -0.119. The van der Waals surface area contributed by atoms with Gasteiger partial charge in [0.1, 0.15) is 11.5 Å². The second-order valence-corrected chi connectivity index (χ2v) is 8.11. The zero-order valence-electron chi connectivity index (χ0n) is 17.5. The summed E-state index contributed by atoms with van der Waals surface area (Å²) in [6.07, 6.45) is 3.86. The number of carbonyl (C=O) groups is 1. The third-order valence-electron chi connectivity index (χ3n) is 4.62. The summed E-state index contributed by atoms with van der Waals surface area (Å²) in [5, 5.41) is 4.38. The molecule has 0 bridgehead atoms.